The molecule has 1 aliphatic rings. The van der Waals surface area contributed by atoms with E-state index in [-0.39, 0.29) is 12.5 Å². The minimum atomic E-state index is -0.470. The third kappa shape index (κ3) is 2.67. The number of nitrogens with one attached hydrogen (secondary N) is 1. The molecule has 0 aromatic heterocycles. The molecule has 1 fully saturated rings. The van der Waals surface area contributed by atoms with Crippen LogP contribution in [0, 0.1) is 12.8 Å². The Morgan fingerprint density at radius 1 is 1.41 bits per heavy atom. The van der Waals surface area contributed by atoms with E-state index in [0.29, 0.717) is 11.5 Å². The number of benzene rings is 1. The molecule has 1 atom stereocenters. The van der Waals surface area contributed by atoms with Gasteiger partial charge < -0.3 is 10.4 Å². The molecule has 1 aromatic rings. The molecule has 0 aliphatic heterocycles. The van der Waals surface area contributed by atoms with Gasteiger partial charge in [-0.3, -0.25) is 4.79 Å². The molecule has 0 unspecified atom stereocenters. The van der Waals surface area contributed by atoms with Crippen LogP contribution in [0.1, 0.15) is 35.7 Å². The summed E-state index contributed by atoms with van der Waals surface area (Å²) in [5.74, 6) is 0.315. The second-order valence-electron chi connectivity index (χ2n) is 5.17. The van der Waals surface area contributed by atoms with E-state index in [4.69, 9.17) is 0 Å². The summed E-state index contributed by atoms with van der Waals surface area (Å²) in [5, 5.41) is 12.4. The number of hydrogen-bond acceptors (Lipinski definition) is 2. The molecule has 1 aromatic carbocycles. The van der Waals surface area contributed by atoms with Crippen molar-refractivity contribution >= 4 is 5.91 Å². The smallest absolute Gasteiger partial charge is 0.251 e. The molecule has 0 saturated heterocycles. The molecule has 0 radical (unpaired) electrons. The van der Waals surface area contributed by atoms with E-state index in [1.54, 1.807) is 0 Å². The Morgan fingerprint density at radius 2 is 2.00 bits per heavy atom. The van der Waals surface area contributed by atoms with Crippen LogP contribution in [0.2, 0.25) is 0 Å². The van der Waals surface area contributed by atoms with Crippen molar-refractivity contribution in [2.24, 2.45) is 5.92 Å². The summed E-state index contributed by atoms with van der Waals surface area (Å²) in [4.78, 5) is 12.0. The van der Waals surface area contributed by atoms with Gasteiger partial charge in [-0.2, -0.15) is 0 Å². The largest absolute Gasteiger partial charge is 0.394 e. The first-order valence-electron chi connectivity index (χ1n) is 6.05. The molecule has 2 rings (SSSR count). The number of aliphatic hydroxyl groups is 1. The van der Waals surface area contributed by atoms with Gasteiger partial charge in [0.2, 0.25) is 0 Å². The predicted molar refractivity (Wildman–Crippen MR) is 66.9 cm³/mol. The Labute approximate surface area is 102 Å². The lowest BCUT2D eigenvalue weighted by atomic mass is 9.96. The molecule has 2 N–H and O–H groups in total. The summed E-state index contributed by atoms with van der Waals surface area (Å²) in [6, 6.07) is 7.47. The molecule has 92 valence electrons. The molecule has 1 saturated carbocycles. The van der Waals surface area contributed by atoms with Gasteiger partial charge in [-0.15, -0.1) is 0 Å². The highest BCUT2D eigenvalue weighted by molar-refractivity contribution is 5.94. The lowest BCUT2D eigenvalue weighted by Gasteiger charge is -2.28. The van der Waals surface area contributed by atoms with E-state index in [2.05, 4.69) is 5.32 Å². The van der Waals surface area contributed by atoms with Gasteiger partial charge >= 0.3 is 0 Å². The number of amides is 1. The molecule has 1 amide bonds. The van der Waals surface area contributed by atoms with Crippen LogP contribution in [0.3, 0.4) is 0 Å². The summed E-state index contributed by atoms with van der Waals surface area (Å²) >= 11 is 0. The monoisotopic (exact) mass is 233 g/mol. The van der Waals surface area contributed by atoms with Gasteiger partial charge in [-0.1, -0.05) is 17.7 Å². The average molecular weight is 233 g/mol. The molecule has 0 spiro atoms. The van der Waals surface area contributed by atoms with Gasteiger partial charge in [-0.25, -0.2) is 0 Å². The van der Waals surface area contributed by atoms with Crippen LogP contribution in [0.25, 0.3) is 0 Å². The van der Waals surface area contributed by atoms with E-state index >= 15 is 0 Å². The van der Waals surface area contributed by atoms with Crippen LogP contribution in [0.15, 0.2) is 24.3 Å². The summed E-state index contributed by atoms with van der Waals surface area (Å²) in [6.07, 6.45) is 2.18. The van der Waals surface area contributed by atoms with Crippen LogP contribution in [0.5, 0.6) is 0 Å². The Bertz CT molecular complexity index is 409. The summed E-state index contributed by atoms with van der Waals surface area (Å²) in [5.41, 5.74) is 1.31. The maximum Gasteiger partial charge on any atom is 0.251 e. The van der Waals surface area contributed by atoms with E-state index in [9.17, 15) is 9.90 Å². The predicted octanol–water partition coefficient (Wildman–Crippen LogP) is 1.89. The number of carbonyl (C=O) groups excluding carboxylic acids is 1. The standard InChI is InChI=1S/C14H19NO2/c1-10-3-5-11(6-4-10)13(17)15-14(2,9-16)12-7-8-12/h3-6,12,16H,7-9H2,1-2H3,(H,15,17)/t14-/m0/s1. The highest BCUT2D eigenvalue weighted by atomic mass is 16.3. The topological polar surface area (TPSA) is 49.3 Å². The molecule has 0 bridgehead atoms. The Balaban J connectivity index is 2.07. The minimum absolute atomic E-state index is 0.00469. The first kappa shape index (κ1) is 12.1. The highest BCUT2D eigenvalue weighted by Gasteiger charge is 2.42. The molecule has 1 aliphatic carbocycles. The second-order valence-corrected chi connectivity index (χ2v) is 5.17. The normalized spacial score (nSPS) is 18.5. The second kappa shape index (κ2) is 4.49. The van der Waals surface area contributed by atoms with Crippen LogP contribution < -0.4 is 5.32 Å². The molecule has 3 heteroatoms. The average Bonchev–Trinajstić information content (AvgIpc) is 3.13. The van der Waals surface area contributed by atoms with E-state index in [1.165, 1.54) is 0 Å². The summed E-state index contributed by atoms with van der Waals surface area (Å²) in [7, 11) is 0. The number of hydrogen-bond donors (Lipinski definition) is 2. The fourth-order valence-corrected chi connectivity index (χ4v) is 2.03. The first-order valence-corrected chi connectivity index (χ1v) is 6.05. The van der Waals surface area contributed by atoms with Gasteiger partial charge in [0, 0.05) is 5.56 Å². The number of aryl methyl sites for hydroxylation is 1. The molecular weight excluding hydrogens is 214 g/mol. The summed E-state index contributed by atoms with van der Waals surface area (Å²) < 4.78 is 0. The van der Waals surface area contributed by atoms with Crippen molar-refractivity contribution in [1.29, 1.82) is 0 Å². The van der Waals surface area contributed by atoms with Crippen molar-refractivity contribution < 1.29 is 9.90 Å². The van der Waals surface area contributed by atoms with Crippen molar-refractivity contribution in [2.75, 3.05) is 6.61 Å². The van der Waals surface area contributed by atoms with E-state index in [0.717, 1.165) is 18.4 Å². The molecule has 3 nitrogen and oxygen atoms in total. The molecule has 17 heavy (non-hydrogen) atoms. The lowest BCUT2D eigenvalue weighted by molar-refractivity contribution is 0.0824. The number of aliphatic hydroxyl groups excluding tert-OH is 1. The zero-order chi connectivity index (χ0) is 12.5. The molecular formula is C14H19NO2. The molecule has 0 heterocycles. The van der Waals surface area contributed by atoms with Crippen LogP contribution in [-0.4, -0.2) is 23.2 Å². The lowest BCUT2D eigenvalue weighted by Crippen LogP contribution is -2.50. The Hall–Kier alpha value is -1.35. The first-order chi connectivity index (χ1) is 8.05. The van der Waals surface area contributed by atoms with Crippen molar-refractivity contribution in [1.82, 2.24) is 5.32 Å². The SMILES string of the molecule is Cc1ccc(C(=O)N[C@@](C)(CO)C2CC2)cc1. The van der Waals surface area contributed by atoms with Gasteiger partial charge in [0.15, 0.2) is 0 Å². The fourth-order valence-electron chi connectivity index (χ4n) is 2.03. The fraction of sp³-hybridized carbons (Fsp3) is 0.500. The maximum atomic E-state index is 12.0. The Morgan fingerprint density at radius 3 is 2.47 bits per heavy atom. The minimum Gasteiger partial charge on any atom is -0.394 e. The van der Waals surface area contributed by atoms with Crippen molar-refractivity contribution in [3.05, 3.63) is 35.4 Å². The zero-order valence-corrected chi connectivity index (χ0v) is 10.4. The van der Waals surface area contributed by atoms with Crippen molar-refractivity contribution in [2.45, 2.75) is 32.2 Å². The third-order valence-electron chi connectivity index (χ3n) is 3.52. The quantitative estimate of drug-likeness (QED) is 0.834. The van der Waals surface area contributed by atoms with Gasteiger partial charge in [0.1, 0.15) is 0 Å². The van der Waals surface area contributed by atoms with Crippen LogP contribution in [-0.2, 0) is 0 Å². The summed E-state index contributed by atoms with van der Waals surface area (Å²) in [6.45, 7) is 3.90. The van der Waals surface area contributed by atoms with Crippen LogP contribution >= 0.6 is 0 Å². The maximum absolute atomic E-state index is 12.0. The van der Waals surface area contributed by atoms with Crippen molar-refractivity contribution in [3.63, 3.8) is 0 Å². The van der Waals surface area contributed by atoms with E-state index in [1.807, 2.05) is 38.1 Å². The van der Waals surface area contributed by atoms with E-state index < -0.39 is 5.54 Å². The number of carbonyl (C=O) groups is 1. The van der Waals surface area contributed by atoms with Gasteiger partial charge in [0.25, 0.3) is 5.91 Å². The zero-order valence-electron chi connectivity index (χ0n) is 10.4. The van der Waals surface area contributed by atoms with Gasteiger partial charge in [0.05, 0.1) is 12.1 Å². The third-order valence-corrected chi connectivity index (χ3v) is 3.52. The number of rotatable bonds is 4. The Kier molecular flexibility index (Phi) is 3.20. The highest BCUT2D eigenvalue weighted by Crippen LogP contribution is 2.39. The van der Waals surface area contributed by atoms with Crippen molar-refractivity contribution in [3.8, 4) is 0 Å². The van der Waals surface area contributed by atoms with Gasteiger partial charge in [-0.05, 0) is 44.7 Å². The van der Waals surface area contributed by atoms with Crippen LogP contribution in [0.4, 0.5) is 0 Å².